The van der Waals surface area contributed by atoms with E-state index in [4.69, 9.17) is 15.3 Å². The average Bonchev–Trinajstić information content (AvgIpc) is 1.97. The Morgan fingerprint density at radius 3 is 1.79 bits per heavy atom. The van der Waals surface area contributed by atoms with E-state index >= 15 is 0 Å². The standard InChI is InChI=1S/C8H14O5.Mn/c1-4(9)3-6(8(12)13)5(2)7(10)11;/h4-6,9H,3H2,1-2H3,(H,10,11)(H,12,13);. The molecular formula is C8H14MnO5. The van der Waals surface area contributed by atoms with Crippen LogP contribution in [0.5, 0.6) is 0 Å². The molecule has 0 rings (SSSR count). The number of aliphatic hydroxyl groups is 1. The second kappa shape index (κ2) is 6.81. The number of aliphatic hydroxyl groups excluding tert-OH is 1. The van der Waals surface area contributed by atoms with Crippen LogP contribution >= 0.6 is 0 Å². The van der Waals surface area contributed by atoms with Crippen molar-refractivity contribution in [2.24, 2.45) is 11.8 Å². The van der Waals surface area contributed by atoms with E-state index in [2.05, 4.69) is 0 Å². The molecule has 0 heterocycles. The number of hydrogen-bond acceptors (Lipinski definition) is 3. The van der Waals surface area contributed by atoms with Crippen LogP contribution in [0.4, 0.5) is 0 Å². The summed E-state index contributed by atoms with van der Waals surface area (Å²) >= 11 is 0. The molecule has 0 aliphatic carbocycles. The van der Waals surface area contributed by atoms with Crippen LogP contribution in [0.15, 0.2) is 0 Å². The van der Waals surface area contributed by atoms with E-state index in [9.17, 15) is 9.59 Å². The fourth-order valence-corrected chi connectivity index (χ4v) is 1.06. The number of carboxylic acid groups (broad SMARTS) is 2. The van der Waals surface area contributed by atoms with Gasteiger partial charge >= 0.3 is 11.9 Å². The van der Waals surface area contributed by atoms with Crippen molar-refractivity contribution in [2.75, 3.05) is 0 Å². The van der Waals surface area contributed by atoms with Crippen LogP contribution in [-0.2, 0) is 26.7 Å². The van der Waals surface area contributed by atoms with Crippen molar-refractivity contribution in [2.45, 2.75) is 26.4 Å². The first kappa shape index (κ1) is 15.9. The molecule has 0 saturated carbocycles. The first-order valence-electron chi connectivity index (χ1n) is 4.00. The molecule has 0 aromatic heterocycles. The van der Waals surface area contributed by atoms with Crippen molar-refractivity contribution < 1.29 is 42.0 Å². The van der Waals surface area contributed by atoms with E-state index in [0.717, 1.165) is 0 Å². The second-order valence-electron chi connectivity index (χ2n) is 3.16. The Balaban J connectivity index is 0. The number of hydrogen-bond donors (Lipinski definition) is 3. The first-order chi connectivity index (χ1) is 5.86. The second-order valence-corrected chi connectivity index (χ2v) is 3.16. The summed E-state index contributed by atoms with van der Waals surface area (Å²) in [5.74, 6) is -4.35. The zero-order valence-corrected chi connectivity index (χ0v) is 9.16. The van der Waals surface area contributed by atoms with Gasteiger partial charge < -0.3 is 15.3 Å². The van der Waals surface area contributed by atoms with Crippen LogP contribution in [0.3, 0.4) is 0 Å². The fraction of sp³-hybridized carbons (Fsp3) is 0.750. The molecule has 5 nitrogen and oxygen atoms in total. The van der Waals surface area contributed by atoms with Crippen LogP contribution in [0.25, 0.3) is 0 Å². The smallest absolute Gasteiger partial charge is 0.307 e. The summed E-state index contributed by atoms with van der Waals surface area (Å²) in [6, 6.07) is 0. The van der Waals surface area contributed by atoms with Crippen molar-refractivity contribution in [3.63, 3.8) is 0 Å². The van der Waals surface area contributed by atoms with Crippen molar-refractivity contribution in [1.29, 1.82) is 0 Å². The molecule has 0 saturated heterocycles. The predicted molar refractivity (Wildman–Crippen MR) is 44.2 cm³/mol. The monoisotopic (exact) mass is 245 g/mol. The maximum atomic E-state index is 10.6. The third-order valence-electron chi connectivity index (χ3n) is 1.91. The summed E-state index contributed by atoms with van der Waals surface area (Å²) < 4.78 is 0. The Bertz CT molecular complexity index is 204. The van der Waals surface area contributed by atoms with Gasteiger partial charge in [0.25, 0.3) is 0 Å². The number of carbonyl (C=O) groups is 2. The van der Waals surface area contributed by atoms with Crippen LogP contribution in [0.1, 0.15) is 20.3 Å². The van der Waals surface area contributed by atoms with Gasteiger partial charge in [-0.05, 0) is 13.3 Å². The van der Waals surface area contributed by atoms with Crippen LogP contribution in [-0.4, -0.2) is 33.4 Å². The maximum absolute atomic E-state index is 10.6. The predicted octanol–water partition coefficient (Wildman–Crippen LogP) is 0.176. The molecular weight excluding hydrogens is 231 g/mol. The zero-order valence-electron chi connectivity index (χ0n) is 7.98. The van der Waals surface area contributed by atoms with Crippen LogP contribution in [0.2, 0.25) is 0 Å². The van der Waals surface area contributed by atoms with Crippen LogP contribution in [0, 0.1) is 11.8 Å². The minimum absolute atomic E-state index is 0. The minimum Gasteiger partial charge on any atom is -0.481 e. The van der Waals surface area contributed by atoms with Gasteiger partial charge in [-0.1, -0.05) is 6.92 Å². The molecule has 0 aromatic carbocycles. The maximum Gasteiger partial charge on any atom is 0.307 e. The van der Waals surface area contributed by atoms with Crippen molar-refractivity contribution in [1.82, 2.24) is 0 Å². The van der Waals surface area contributed by atoms with E-state index in [1.54, 1.807) is 0 Å². The molecule has 0 bridgehead atoms. The molecule has 14 heavy (non-hydrogen) atoms. The summed E-state index contributed by atoms with van der Waals surface area (Å²) in [6.45, 7) is 2.76. The van der Waals surface area contributed by atoms with Gasteiger partial charge in [-0.3, -0.25) is 9.59 Å². The van der Waals surface area contributed by atoms with Gasteiger partial charge in [0.2, 0.25) is 0 Å². The molecule has 6 heteroatoms. The summed E-state index contributed by atoms with van der Waals surface area (Å²) in [5, 5.41) is 26.2. The Labute approximate surface area is 92.6 Å². The third kappa shape index (κ3) is 5.21. The Morgan fingerprint density at radius 2 is 1.57 bits per heavy atom. The molecule has 3 atom stereocenters. The summed E-state index contributed by atoms with van der Waals surface area (Å²) in [5.41, 5.74) is 0. The number of carboxylic acids is 2. The van der Waals surface area contributed by atoms with Crippen molar-refractivity contribution >= 4 is 11.9 Å². The number of aliphatic carboxylic acids is 2. The van der Waals surface area contributed by atoms with Gasteiger partial charge in [0.1, 0.15) is 0 Å². The Kier molecular flexibility index (Phi) is 7.72. The third-order valence-corrected chi connectivity index (χ3v) is 1.91. The van der Waals surface area contributed by atoms with E-state index in [1.807, 2.05) is 0 Å². The molecule has 1 radical (unpaired) electrons. The van der Waals surface area contributed by atoms with Gasteiger partial charge in [-0.25, -0.2) is 0 Å². The molecule has 0 aliphatic heterocycles. The van der Waals surface area contributed by atoms with E-state index in [0.29, 0.717) is 0 Å². The molecule has 0 fully saturated rings. The van der Waals surface area contributed by atoms with Crippen molar-refractivity contribution in [3.8, 4) is 0 Å². The van der Waals surface area contributed by atoms with Gasteiger partial charge in [0, 0.05) is 17.1 Å². The summed E-state index contributed by atoms with van der Waals surface area (Å²) in [4.78, 5) is 21.1. The summed E-state index contributed by atoms with van der Waals surface area (Å²) in [7, 11) is 0. The molecule has 0 amide bonds. The van der Waals surface area contributed by atoms with Crippen LogP contribution < -0.4 is 0 Å². The quantitative estimate of drug-likeness (QED) is 0.600. The van der Waals surface area contributed by atoms with E-state index < -0.39 is 29.9 Å². The first-order valence-corrected chi connectivity index (χ1v) is 4.00. The Morgan fingerprint density at radius 1 is 1.14 bits per heavy atom. The average molecular weight is 245 g/mol. The van der Waals surface area contributed by atoms with E-state index in [-0.39, 0.29) is 23.5 Å². The fourth-order valence-electron chi connectivity index (χ4n) is 1.06. The SMILES string of the molecule is CC(O)CC(C(=O)O)C(C)C(=O)O.[Mn]. The molecule has 83 valence electrons. The number of rotatable bonds is 5. The molecule has 0 spiro atoms. The summed E-state index contributed by atoms with van der Waals surface area (Å²) in [6.07, 6.45) is -0.842. The topological polar surface area (TPSA) is 94.8 Å². The van der Waals surface area contributed by atoms with Crippen molar-refractivity contribution in [3.05, 3.63) is 0 Å². The molecule has 0 aromatic rings. The molecule has 3 N–H and O–H groups in total. The van der Waals surface area contributed by atoms with Gasteiger partial charge in [0.15, 0.2) is 0 Å². The van der Waals surface area contributed by atoms with E-state index in [1.165, 1.54) is 13.8 Å². The van der Waals surface area contributed by atoms with Gasteiger partial charge in [0.05, 0.1) is 17.9 Å². The largest absolute Gasteiger partial charge is 0.481 e. The normalized spacial score (nSPS) is 16.2. The van der Waals surface area contributed by atoms with Gasteiger partial charge in [-0.15, -0.1) is 0 Å². The van der Waals surface area contributed by atoms with Gasteiger partial charge in [-0.2, -0.15) is 0 Å². The Hall–Kier alpha value is -0.581. The minimum atomic E-state index is -1.18. The zero-order chi connectivity index (χ0) is 10.6. The molecule has 3 unspecified atom stereocenters. The molecule has 0 aliphatic rings.